The second-order valence-electron chi connectivity index (χ2n) is 6.59. The number of aryl methyl sites for hydroxylation is 2. The highest BCUT2D eigenvalue weighted by Gasteiger charge is 2.34. The lowest BCUT2D eigenvalue weighted by atomic mass is 10.1. The van der Waals surface area contributed by atoms with E-state index in [1.807, 2.05) is 26.0 Å². The van der Waals surface area contributed by atoms with Crippen LogP contribution in [0, 0.1) is 19.7 Å². The zero-order valence-corrected chi connectivity index (χ0v) is 15.3. The molecule has 5 nitrogen and oxygen atoms in total. The molecule has 1 N–H and O–H groups in total. The maximum absolute atomic E-state index is 13.9. The maximum atomic E-state index is 13.9. The van der Waals surface area contributed by atoms with Gasteiger partial charge in [-0.1, -0.05) is 18.2 Å². The van der Waals surface area contributed by atoms with Crippen LogP contribution in [0.2, 0.25) is 0 Å². The molecular weight excluding hydrogens is 359 g/mol. The Labute approximate surface area is 161 Å². The highest BCUT2D eigenvalue weighted by Crippen LogP contribution is 2.27. The number of furan rings is 1. The average molecular weight is 376 g/mol. The first-order valence-corrected chi connectivity index (χ1v) is 8.73. The fourth-order valence-electron chi connectivity index (χ4n) is 2.98. The quantitative estimate of drug-likeness (QED) is 0.551. The predicted octanol–water partition coefficient (Wildman–Crippen LogP) is 4.16. The van der Waals surface area contributed by atoms with Crippen LogP contribution in [0.5, 0.6) is 0 Å². The summed E-state index contributed by atoms with van der Waals surface area (Å²) in [5, 5.41) is 1.21. The lowest BCUT2D eigenvalue weighted by molar-refractivity contribution is -0.117. The highest BCUT2D eigenvalue weighted by molar-refractivity contribution is 6.31. The van der Waals surface area contributed by atoms with Crippen molar-refractivity contribution in [1.82, 2.24) is 5.43 Å². The van der Waals surface area contributed by atoms with E-state index in [4.69, 9.17) is 4.42 Å². The topological polar surface area (TPSA) is 62.6 Å². The van der Waals surface area contributed by atoms with Gasteiger partial charge in [0.05, 0.1) is 11.3 Å². The number of nitrogens with one attached hydrogen (secondary N) is 1. The highest BCUT2D eigenvalue weighted by atomic mass is 19.1. The van der Waals surface area contributed by atoms with Gasteiger partial charge in [0, 0.05) is 0 Å². The first-order chi connectivity index (χ1) is 13.4. The molecule has 3 aromatic rings. The fourth-order valence-corrected chi connectivity index (χ4v) is 2.98. The molecule has 1 fully saturated rings. The Hall–Kier alpha value is -3.67. The fraction of sp³-hybridized carbons (Fsp3) is 0.0909. The molecule has 1 aliphatic heterocycles. The van der Waals surface area contributed by atoms with E-state index < -0.39 is 17.6 Å². The van der Waals surface area contributed by atoms with Gasteiger partial charge in [-0.05, 0) is 67.4 Å². The van der Waals surface area contributed by atoms with Crippen LogP contribution >= 0.6 is 0 Å². The third kappa shape index (κ3) is 3.09. The largest absolute Gasteiger partial charge is 0.457 e. The third-order valence-electron chi connectivity index (χ3n) is 4.69. The van der Waals surface area contributed by atoms with Crippen molar-refractivity contribution in [3.63, 3.8) is 0 Å². The molecule has 6 heteroatoms. The molecule has 0 bridgehead atoms. The van der Waals surface area contributed by atoms with Crippen molar-refractivity contribution in [2.24, 2.45) is 0 Å². The summed E-state index contributed by atoms with van der Waals surface area (Å²) in [7, 11) is 0. The van der Waals surface area contributed by atoms with E-state index in [9.17, 15) is 14.0 Å². The number of carbonyl (C=O) groups excluding carboxylic acids is 2. The number of carbonyl (C=O) groups is 2. The molecule has 0 unspecified atom stereocenters. The van der Waals surface area contributed by atoms with Crippen LogP contribution in [0.25, 0.3) is 17.4 Å². The Kier molecular flexibility index (Phi) is 4.31. The summed E-state index contributed by atoms with van der Waals surface area (Å²) < 4.78 is 19.5. The van der Waals surface area contributed by atoms with E-state index >= 15 is 0 Å². The van der Waals surface area contributed by atoms with Crippen molar-refractivity contribution in [3.05, 3.63) is 82.9 Å². The van der Waals surface area contributed by atoms with Crippen molar-refractivity contribution in [2.45, 2.75) is 13.8 Å². The molecule has 0 saturated carbocycles. The molecule has 0 atom stereocenters. The molecule has 2 amide bonds. The first kappa shape index (κ1) is 17.7. The van der Waals surface area contributed by atoms with Crippen LogP contribution < -0.4 is 10.4 Å². The van der Waals surface area contributed by atoms with Gasteiger partial charge in [0.2, 0.25) is 0 Å². The number of hydrazine groups is 1. The number of benzene rings is 2. The monoisotopic (exact) mass is 376 g/mol. The molecular formula is C22H17FN2O3. The molecule has 4 rings (SSSR count). The lowest BCUT2D eigenvalue weighted by Gasteiger charge is -2.15. The van der Waals surface area contributed by atoms with Crippen LogP contribution in [0.1, 0.15) is 16.9 Å². The number of nitrogens with zero attached hydrogens (tertiary/aromatic N) is 1. The molecule has 0 aliphatic carbocycles. The Bertz CT molecular complexity index is 1130. The molecule has 1 aliphatic rings. The normalized spacial score (nSPS) is 15.4. The summed E-state index contributed by atoms with van der Waals surface area (Å²) in [6.07, 6.45) is 1.36. The van der Waals surface area contributed by atoms with E-state index in [-0.39, 0.29) is 5.57 Å². The van der Waals surface area contributed by atoms with Crippen LogP contribution in [-0.4, -0.2) is 11.8 Å². The molecule has 0 spiro atoms. The van der Waals surface area contributed by atoms with Crippen molar-refractivity contribution >= 4 is 23.6 Å². The van der Waals surface area contributed by atoms with Crippen molar-refractivity contribution in [2.75, 3.05) is 5.01 Å². The lowest BCUT2D eigenvalue weighted by Crippen LogP contribution is -2.35. The second kappa shape index (κ2) is 6.81. The van der Waals surface area contributed by atoms with E-state index in [0.717, 1.165) is 11.1 Å². The molecule has 1 saturated heterocycles. The van der Waals surface area contributed by atoms with Crippen molar-refractivity contribution in [3.8, 4) is 11.3 Å². The van der Waals surface area contributed by atoms with E-state index in [1.165, 1.54) is 17.2 Å². The summed E-state index contributed by atoms with van der Waals surface area (Å²) in [4.78, 5) is 25.0. The number of rotatable bonds is 3. The minimum atomic E-state index is -0.521. The number of amides is 2. The number of anilines is 1. The SMILES string of the molecule is Cc1ccc(N2NC(=O)/C(=C/c3ccc(-c4ccccc4F)o3)C2=O)cc1C. The summed E-state index contributed by atoms with van der Waals surface area (Å²) in [6.45, 7) is 3.91. The predicted molar refractivity (Wildman–Crippen MR) is 104 cm³/mol. The smallest absolute Gasteiger partial charge is 0.282 e. The number of hydrogen-bond acceptors (Lipinski definition) is 3. The summed E-state index contributed by atoms with van der Waals surface area (Å²) in [5.41, 5.74) is 5.51. The van der Waals surface area contributed by atoms with Crippen LogP contribution in [-0.2, 0) is 9.59 Å². The third-order valence-corrected chi connectivity index (χ3v) is 4.69. The van der Waals surface area contributed by atoms with Gasteiger partial charge in [-0.15, -0.1) is 0 Å². The minimum absolute atomic E-state index is 0.0485. The van der Waals surface area contributed by atoms with Gasteiger partial charge >= 0.3 is 0 Å². The van der Waals surface area contributed by atoms with E-state index in [0.29, 0.717) is 22.8 Å². The number of halogens is 1. The van der Waals surface area contributed by atoms with Gasteiger partial charge in [-0.2, -0.15) is 0 Å². The molecule has 2 heterocycles. The van der Waals surface area contributed by atoms with Crippen molar-refractivity contribution < 1.29 is 18.4 Å². The van der Waals surface area contributed by atoms with Gasteiger partial charge in [0.15, 0.2) is 0 Å². The summed E-state index contributed by atoms with van der Waals surface area (Å²) >= 11 is 0. The maximum Gasteiger partial charge on any atom is 0.282 e. The standard InChI is InChI=1S/C22H17FN2O3/c1-13-7-8-15(11-14(13)2)25-22(27)18(21(26)24-25)12-16-9-10-20(28-16)17-5-3-4-6-19(17)23/h3-12H,1-2H3,(H,24,26)/b18-12-. The number of hydrogen-bond donors (Lipinski definition) is 1. The second-order valence-corrected chi connectivity index (χ2v) is 6.59. The molecule has 1 aromatic heterocycles. The Morgan fingerprint density at radius 2 is 1.79 bits per heavy atom. The zero-order valence-electron chi connectivity index (χ0n) is 15.3. The summed E-state index contributed by atoms with van der Waals surface area (Å²) in [6, 6.07) is 14.9. The minimum Gasteiger partial charge on any atom is -0.457 e. The van der Waals surface area contributed by atoms with Crippen LogP contribution in [0.3, 0.4) is 0 Å². The van der Waals surface area contributed by atoms with Gasteiger partial charge < -0.3 is 4.42 Å². The average Bonchev–Trinajstić information content (AvgIpc) is 3.24. The Morgan fingerprint density at radius 1 is 1.00 bits per heavy atom. The Balaban J connectivity index is 1.63. The van der Waals surface area contributed by atoms with Crippen LogP contribution in [0.15, 0.2) is 64.6 Å². The van der Waals surface area contributed by atoms with Gasteiger partial charge in [0.25, 0.3) is 11.8 Å². The zero-order chi connectivity index (χ0) is 19.8. The van der Waals surface area contributed by atoms with Gasteiger partial charge in [-0.25, -0.2) is 9.40 Å². The van der Waals surface area contributed by atoms with Gasteiger partial charge in [-0.3, -0.25) is 15.0 Å². The van der Waals surface area contributed by atoms with E-state index in [2.05, 4.69) is 5.43 Å². The molecule has 2 aromatic carbocycles. The Morgan fingerprint density at radius 3 is 2.54 bits per heavy atom. The molecule has 0 radical (unpaired) electrons. The van der Waals surface area contributed by atoms with E-state index in [1.54, 1.807) is 36.4 Å². The van der Waals surface area contributed by atoms with Gasteiger partial charge in [0.1, 0.15) is 22.9 Å². The van der Waals surface area contributed by atoms with Crippen molar-refractivity contribution in [1.29, 1.82) is 0 Å². The molecule has 140 valence electrons. The summed E-state index contributed by atoms with van der Waals surface area (Å²) in [5.74, 6) is -0.795. The first-order valence-electron chi connectivity index (χ1n) is 8.73. The van der Waals surface area contributed by atoms with Crippen LogP contribution in [0.4, 0.5) is 10.1 Å². The molecule has 28 heavy (non-hydrogen) atoms.